The van der Waals surface area contributed by atoms with Crippen molar-refractivity contribution in [2.24, 2.45) is 0 Å². The molecule has 0 bridgehead atoms. The van der Waals surface area contributed by atoms with Crippen LogP contribution in [-0.4, -0.2) is 33.9 Å². The fourth-order valence-electron chi connectivity index (χ4n) is 5.30. The summed E-state index contributed by atoms with van der Waals surface area (Å²) in [6.45, 7) is 3.16. The normalized spacial score (nSPS) is 15.1. The smallest absolute Gasteiger partial charge is 0.256 e. The number of allylic oxidation sites excluding steroid dienone is 1. The molecule has 4 aromatic rings. The molecular formula is C33H32FN5O. The number of nitrogens with two attached hydrogens (primary N) is 1. The van der Waals surface area contributed by atoms with Gasteiger partial charge >= 0.3 is 0 Å². The van der Waals surface area contributed by atoms with Gasteiger partial charge < -0.3 is 11.1 Å². The number of hydrogen-bond acceptors (Lipinski definition) is 5. The van der Waals surface area contributed by atoms with E-state index >= 15 is 0 Å². The number of halogens is 1. The molecule has 1 aliphatic carbocycles. The number of nitrogen functional groups attached to an aromatic ring is 1. The molecule has 2 fully saturated rings. The molecule has 3 N–H and O–H groups in total. The Bertz CT molecular complexity index is 1550. The minimum Gasteiger partial charge on any atom is -0.398 e. The zero-order chi connectivity index (χ0) is 27.5. The largest absolute Gasteiger partial charge is 0.398 e. The van der Waals surface area contributed by atoms with Crippen LogP contribution in [-0.2, 0) is 11.3 Å². The summed E-state index contributed by atoms with van der Waals surface area (Å²) in [7, 11) is 0. The van der Waals surface area contributed by atoms with Crippen LogP contribution in [0.5, 0.6) is 0 Å². The summed E-state index contributed by atoms with van der Waals surface area (Å²) in [4.78, 5) is 25.0. The van der Waals surface area contributed by atoms with Crippen LogP contribution in [0.25, 0.3) is 28.0 Å². The van der Waals surface area contributed by atoms with E-state index in [1.807, 2.05) is 36.7 Å². The number of aromatic nitrogens is 2. The van der Waals surface area contributed by atoms with Crippen molar-refractivity contribution in [3.05, 3.63) is 102 Å². The van der Waals surface area contributed by atoms with Crippen LogP contribution in [0.3, 0.4) is 0 Å². The molecule has 1 saturated heterocycles. The highest BCUT2D eigenvalue weighted by Gasteiger charge is 2.26. The van der Waals surface area contributed by atoms with Crippen molar-refractivity contribution in [2.45, 2.75) is 38.6 Å². The molecule has 1 aliphatic heterocycles. The number of hydrogen-bond donors (Lipinski definition) is 2. The highest BCUT2D eigenvalue weighted by molar-refractivity contribution is 6.27. The second-order valence-electron chi connectivity index (χ2n) is 10.6. The minimum atomic E-state index is -0.293. The van der Waals surface area contributed by atoms with Crippen LogP contribution in [0.15, 0.2) is 84.8 Å². The van der Waals surface area contributed by atoms with Gasteiger partial charge in [-0.3, -0.25) is 19.7 Å². The molecular weight excluding hydrogens is 501 g/mol. The second kappa shape index (κ2) is 11.4. The Kier molecular flexibility index (Phi) is 7.38. The van der Waals surface area contributed by atoms with Crippen LogP contribution in [0.4, 0.5) is 15.8 Å². The summed E-state index contributed by atoms with van der Waals surface area (Å²) in [6, 6.07) is 17.8. The third-order valence-corrected chi connectivity index (χ3v) is 7.55. The summed E-state index contributed by atoms with van der Waals surface area (Å²) in [6.07, 6.45) is 11.0. The first kappa shape index (κ1) is 25.9. The average Bonchev–Trinajstić information content (AvgIpc) is 3.81. The molecule has 0 unspecified atom stereocenters. The van der Waals surface area contributed by atoms with E-state index in [0.717, 1.165) is 60.3 Å². The Morgan fingerprint density at radius 2 is 1.65 bits per heavy atom. The van der Waals surface area contributed by atoms with E-state index in [1.54, 1.807) is 24.4 Å². The molecule has 7 heteroatoms. The van der Waals surface area contributed by atoms with Crippen molar-refractivity contribution < 1.29 is 9.18 Å². The lowest BCUT2D eigenvalue weighted by Crippen LogP contribution is -2.29. The molecule has 202 valence electrons. The first-order valence-corrected chi connectivity index (χ1v) is 13.9. The van der Waals surface area contributed by atoms with Gasteiger partial charge in [-0.25, -0.2) is 4.39 Å². The lowest BCUT2D eigenvalue weighted by Gasteiger charge is -2.26. The summed E-state index contributed by atoms with van der Waals surface area (Å²) in [5.74, 6) is -0.498. The summed E-state index contributed by atoms with van der Waals surface area (Å²) >= 11 is 0. The molecule has 1 amide bonds. The number of carbonyl (C=O) groups excluding carboxylic acids is 1. The Morgan fingerprint density at radius 1 is 0.875 bits per heavy atom. The molecule has 0 atom stereocenters. The number of amides is 1. The van der Waals surface area contributed by atoms with Crippen molar-refractivity contribution in [2.75, 3.05) is 24.1 Å². The molecule has 3 heterocycles. The van der Waals surface area contributed by atoms with E-state index in [-0.39, 0.29) is 11.7 Å². The number of carbonyl (C=O) groups is 1. The maximum Gasteiger partial charge on any atom is 0.256 e. The zero-order valence-electron chi connectivity index (χ0n) is 22.4. The summed E-state index contributed by atoms with van der Waals surface area (Å²) in [5.41, 5.74) is 14.7. The van der Waals surface area contributed by atoms with E-state index < -0.39 is 0 Å². The van der Waals surface area contributed by atoms with E-state index in [1.165, 1.54) is 37.0 Å². The van der Waals surface area contributed by atoms with Crippen LogP contribution in [0.1, 0.15) is 43.2 Å². The number of piperidine rings is 1. The molecule has 6 rings (SSSR count). The van der Waals surface area contributed by atoms with Gasteiger partial charge in [0.15, 0.2) is 0 Å². The van der Waals surface area contributed by atoms with Gasteiger partial charge in [-0.05, 0) is 104 Å². The molecule has 1 saturated carbocycles. The SMILES string of the molecule is Nc1ccc(-c2cncc(CN3CCCCC3)c2)cc1C(C(=O)Nc1ccc(-c2ccc(F)cc2)nc1)=C1CC1. The zero-order valence-corrected chi connectivity index (χ0v) is 22.4. The fourth-order valence-corrected chi connectivity index (χ4v) is 5.30. The molecule has 2 aromatic heterocycles. The van der Waals surface area contributed by atoms with E-state index in [4.69, 9.17) is 5.73 Å². The number of rotatable bonds is 7. The highest BCUT2D eigenvalue weighted by atomic mass is 19.1. The topological polar surface area (TPSA) is 84.1 Å². The number of likely N-dealkylation sites (tertiary alicyclic amines) is 1. The maximum absolute atomic E-state index is 13.6. The molecule has 0 spiro atoms. The van der Waals surface area contributed by atoms with E-state index in [2.05, 4.69) is 26.3 Å². The molecule has 40 heavy (non-hydrogen) atoms. The first-order chi connectivity index (χ1) is 19.5. The van der Waals surface area contributed by atoms with Crippen molar-refractivity contribution in [1.82, 2.24) is 14.9 Å². The Morgan fingerprint density at radius 3 is 2.38 bits per heavy atom. The average molecular weight is 534 g/mol. The lowest BCUT2D eigenvalue weighted by molar-refractivity contribution is -0.111. The van der Waals surface area contributed by atoms with E-state index in [9.17, 15) is 9.18 Å². The minimum absolute atomic E-state index is 0.204. The number of nitrogens with zero attached hydrogens (tertiary/aromatic N) is 3. The quantitative estimate of drug-likeness (QED) is 0.204. The monoisotopic (exact) mass is 533 g/mol. The van der Waals surface area contributed by atoms with Crippen LogP contribution in [0.2, 0.25) is 0 Å². The second-order valence-corrected chi connectivity index (χ2v) is 10.6. The van der Waals surface area contributed by atoms with Gasteiger partial charge in [-0.2, -0.15) is 0 Å². The van der Waals surface area contributed by atoms with Crippen LogP contribution >= 0.6 is 0 Å². The molecule has 0 radical (unpaired) electrons. The van der Waals surface area contributed by atoms with Gasteiger partial charge in [0.25, 0.3) is 5.91 Å². The standard InChI is InChI=1S/C33H32FN5O/c34-27-9-6-23(7-10-27)31-13-11-28(20-37-31)38-33(40)32(24-4-5-24)29-17-25(8-12-30(29)35)26-16-22(18-36-19-26)21-39-14-2-1-3-15-39/h6-13,16-20H,1-5,14-15,21,35H2,(H,38,40). The van der Waals surface area contributed by atoms with Gasteiger partial charge in [-0.1, -0.05) is 18.1 Å². The highest BCUT2D eigenvalue weighted by Crippen LogP contribution is 2.40. The first-order valence-electron chi connectivity index (χ1n) is 13.9. The third kappa shape index (κ3) is 5.95. The Labute approximate surface area is 233 Å². The van der Waals surface area contributed by atoms with Crippen LogP contribution in [0, 0.1) is 5.82 Å². The number of benzene rings is 2. The van der Waals surface area contributed by atoms with Crippen molar-refractivity contribution >= 4 is 22.9 Å². The third-order valence-electron chi connectivity index (χ3n) is 7.55. The van der Waals surface area contributed by atoms with Gasteiger partial charge in [0, 0.05) is 46.9 Å². The molecule has 2 aliphatic rings. The van der Waals surface area contributed by atoms with Crippen molar-refractivity contribution in [1.29, 1.82) is 0 Å². The fraction of sp³-hybridized carbons (Fsp3) is 0.242. The van der Waals surface area contributed by atoms with Gasteiger partial charge in [-0.15, -0.1) is 0 Å². The van der Waals surface area contributed by atoms with Gasteiger partial charge in [0.1, 0.15) is 5.82 Å². The van der Waals surface area contributed by atoms with Gasteiger partial charge in [0.05, 0.1) is 17.6 Å². The lowest BCUT2D eigenvalue weighted by atomic mass is 9.96. The summed E-state index contributed by atoms with van der Waals surface area (Å²) in [5, 5.41) is 3.00. The predicted octanol–water partition coefficient (Wildman–Crippen LogP) is 6.70. The molecule has 2 aromatic carbocycles. The predicted molar refractivity (Wildman–Crippen MR) is 158 cm³/mol. The Balaban J connectivity index is 1.22. The maximum atomic E-state index is 13.6. The number of pyridine rings is 2. The van der Waals surface area contributed by atoms with Crippen LogP contribution < -0.4 is 11.1 Å². The summed E-state index contributed by atoms with van der Waals surface area (Å²) < 4.78 is 13.3. The van der Waals surface area contributed by atoms with Gasteiger partial charge in [0.2, 0.25) is 0 Å². The Hall–Kier alpha value is -4.36. The van der Waals surface area contributed by atoms with E-state index in [0.29, 0.717) is 22.6 Å². The molecule has 6 nitrogen and oxygen atoms in total. The van der Waals surface area contributed by atoms with Crippen molar-refractivity contribution in [3.63, 3.8) is 0 Å². The van der Waals surface area contributed by atoms with Crippen molar-refractivity contribution in [3.8, 4) is 22.4 Å². The number of nitrogens with one attached hydrogen (secondary N) is 1. The number of anilines is 2.